The third kappa shape index (κ3) is 3.88. The number of aromatic nitrogens is 1. The van der Waals surface area contributed by atoms with Crippen LogP contribution in [-0.2, 0) is 0 Å². The molecule has 6 heteroatoms. The standard InChI is InChI=1S/C14H13F3N2O/c1-9(10-5-11(15)8-18-7-10)19-12-3-2-4-13(6-12)20-14(16)17/h2-9,14,19H,1H3. The van der Waals surface area contributed by atoms with Gasteiger partial charge in [0.15, 0.2) is 0 Å². The maximum atomic E-state index is 13.1. The number of anilines is 1. The van der Waals surface area contributed by atoms with Crippen LogP contribution in [0.4, 0.5) is 18.9 Å². The van der Waals surface area contributed by atoms with E-state index in [4.69, 9.17) is 0 Å². The molecule has 2 rings (SSSR count). The molecule has 1 heterocycles. The number of rotatable bonds is 5. The van der Waals surface area contributed by atoms with E-state index in [9.17, 15) is 13.2 Å². The number of hydrogen-bond donors (Lipinski definition) is 1. The quantitative estimate of drug-likeness (QED) is 0.900. The second-order valence-corrected chi connectivity index (χ2v) is 4.21. The molecule has 0 radical (unpaired) electrons. The number of benzene rings is 1. The van der Waals surface area contributed by atoms with Crippen molar-refractivity contribution in [2.75, 3.05) is 5.32 Å². The predicted molar refractivity (Wildman–Crippen MR) is 69.3 cm³/mol. The van der Waals surface area contributed by atoms with Crippen molar-refractivity contribution in [1.29, 1.82) is 0 Å². The molecule has 0 aliphatic carbocycles. The molecule has 0 bridgehead atoms. The van der Waals surface area contributed by atoms with Gasteiger partial charge in [-0.3, -0.25) is 4.98 Å². The van der Waals surface area contributed by atoms with Gasteiger partial charge in [0.05, 0.1) is 12.2 Å². The molecule has 1 unspecified atom stereocenters. The van der Waals surface area contributed by atoms with Crippen molar-refractivity contribution in [2.24, 2.45) is 0 Å². The van der Waals surface area contributed by atoms with Crippen LogP contribution >= 0.6 is 0 Å². The molecule has 1 aromatic heterocycles. The smallest absolute Gasteiger partial charge is 0.387 e. The highest BCUT2D eigenvalue weighted by atomic mass is 19.3. The van der Waals surface area contributed by atoms with E-state index < -0.39 is 12.4 Å². The summed E-state index contributed by atoms with van der Waals surface area (Å²) in [4.78, 5) is 3.76. The lowest BCUT2D eigenvalue weighted by atomic mass is 10.1. The highest BCUT2D eigenvalue weighted by Crippen LogP contribution is 2.23. The van der Waals surface area contributed by atoms with Gasteiger partial charge in [-0.15, -0.1) is 0 Å². The first kappa shape index (κ1) is 14.2. The van der Waals surface area contributed by atoms with Crippen LogP contribution in [0.5, 0.6) is 5.75 Å². The molecule has 1 atom stereocenters. The third-order valence-electron chi connectivity index (χ3n) is 2.67. The van der Waals surface area contributed by atoms with Gasteiger partial charge in [-0.2, -0.15) is 8.78 Å². The lowest BCUT2D eigenvalue weighted by Gasteiger charge is -2.16. The van der Waals surface area contributed by atoms with Crippen molar-refractivity contribution in [1.82, 2.24) is 4.98 Å². The van der Waals surface area contributed by atoms with Crippen LogP contribution in [0, 0.1) is 5.82 Å². The van der Waals surface area contributed by atoms with Crippen molar-refractivity contribution < 1.29 is 17.9 Å². The van der Waals surface area contributed by atoms with E-state index in [1.165, 1.54) is 18.2 Å². The minimum Gasteiger partial charge on any atom is -0.435 e. The Kier molecular flexibility index (Phi) is 4.45. The van der Waals surface area contributed by atoms with E-state index in [1.807, 2.05) is 6.92 Å². The van der Waals surface area contributed by atoms with Gasteiger partial charge in [-0.25, -0.2) is 4.39 Å². The van der Waals surface area contributed by atoms with Crippen LogP contribution < -0.4 is 10.1 Å². The zero-order valence-electron chi connectivity index (χ0n) is 10.7. The summed E-state index contributed by atoms with van der Waals surface area (Å²) in [5.74, 6) is -0.361. The molecule has 0 saturated heterocycles. The summed E-state index contributed by atoms with van der Waals surface area (Å²) in [6.07, 6.45) is 2.66. The Balaban J connectivity index is 2.09. The molecule has 1 N–H and O–H groups in total. The Morgan fingerprint density at radius 3 is 2.70 bits per heavy atom. The third-order valence-corrected chi connectivity index (χ3v) is 2.67. The monoisotopic (exact) mass is 282 g/mol. The number of pyridine rings is 1. The second kappa shape index (κ2) is 6.27. The van der Waals surface area contributed by atoms with E-state index in [1.54, 1.807) is 18.3 Å². The van der Waals surface area contributed by atoms with Crippen molar-refractivity contribution >= 4 is 5.69 Å². The summed E-state index contributed by atoms with van der Waals surface area (Å²) in [5, 5.41) is 3.07. The highest BCUT2D eigenvalue weighted by Gasteiger charge is 2.09. The molecule has 3 nitrogen and oxygen atoms in total. The van der Waals surface area contributed by atoms with Gasteiger partial charge in [0.2, 0.25) is 0 Å². The van der Waals surface area contributed by atoms with Gasteiger partial charge < -0.3 is 10.1 Å². The van der Waals surface area contributed by atoms with E-state index in [0.717, 1.165) is 6.20 Å². The summed E-state index contributed by atoms with van der Waals surface area (Å²) in [6, 6.07) is 7.34. The highest BCUT2D eigenvalue weighted by molar-refractivity contribution is 5.49. The second-order valence-electron chi connectivity index (χ2n) is 4.21. The van der Waals surface area contributed by atoms with Gasteiger partial charge in [0, 0.05) is 18.0 Å². The number of alkyl halides is 2. The van der Waals surface area contributed by atoms with E-state index >= 15 is 0 Å². The summed E-state index contributed by atoms with van der Waals surface area (Å²) in [6.45, 7) is -1.05. The maximum absolute atomic E-state index is 13.1. The normalized spacial score (nSPS) is 12.2. The lowest BCUT2D eigenvalue weighted by Crippen LogP contribution is -2.08. The Bertz CT molecular complexity index is 578. The van der Waals surface area contributed by atoms with E-state index in [2.05, 4.69) is 15.0 Å². The molecular weight excluding hydrogens is 269 g/mol. The van der Waals surface area contributed by atoms with Crippen molar-refractivity contribution in [3.05, 3.63) is 54.1 Å². The number of ether oxygens (including phenoxy) is 1. The molecule has 0 fully saturated rings. The van der Waals surface area contributed by atoms with Crippen LogP contribution in [0.25, 0.3) is 0 Å². The molecule has 2 aromatic rings. The van der Waals surface area contributed by atoms with Crippen LogP contribution in [0.2, 0.25) is 0 Å². The Labute approximate surface area is 114 Å². The minimum atomic E-state index is -2.87. The Morgan fingerprint density at radius 2 is 2.00 bits per heavy atom. The summed E-state index contributed by atoms with van der Waals surface area (Å²) in [5.41, 5.74) is 1.25. The lowest BCUT2D eigenvalue weighted by molar-refractivity contribution is -0.0498. The van der Waals surface area contributed by atoms with Gasteiger partial charge in [-0.1, -0.05) is 6.07 Å². The zero-order chi connectivity index (χ0) is 14.5. The molecule has 1 aromatic carbocycles. The van der Waals surface area contributed by atoms with Gasteiger partial charge >= 0.3 is 6.61 Å². The average molecular weight is 282 g/mol. The number of nitrogens with one attached hydrogen (secondary N) is 1. The molecule has 0 saturated carbocycles. The van der Waals surface area contributed by atoms with Gasteiger partial charge in [0.25, 0.3) is 0 Å². The molecule has 0 spiro atoms. The van der Waals surface area contributed by atoms with Gasteiger partial charge in [0.1, 0.15) is 11.6 Å². The summed E-state index contributed by atoms with van der Waals surface area (Å²) in [7, 11) is 0. The molecule has 106 valence electrons. The first-order valence-corrected chi connectivity index (χ1v) is 5.96. The molecule has 0 aliphatic heterocycles. The fraction of sp³-hybridized carbons (Fsp3) is 0.214. The number of halogens is 3. The van der Waals surface area contributed by atoms with Crippen LogP contribution in [-0.4, -0.2) is 11.6 Å². The summed E-state index contributed by atoms with van der Waals surface area (Å²) >= 11 is 0. The van der Waals surface area contributed by atoms with E-state index in [0.29, 0.717) is 11.3 Å². The van der Waals surface area contributed by atoms with Crippen LogP contribution in [0.15, 0.2) is 42.7 Å². The molecular formula is C14H13F3N2O. The van der Waals surface area contributed by atoms with Crippen molar-refractivity contribution in [3.63, 3.8) is 0 Å². The van der Waals surface area contributed by atoms with Crippen LogP contribution in [0.3, 0.4) is 0 Å². The maximum Gasteiger partial charge on any atom is 0.387 e. The fourth-order valence-corrected chi connectivity index (χ4v) is 1.76. The Morgan fingerprint density at radius 1 is 1.20 bits per heavy atom. The molecule has 20 heavy (non-hydrogen) atoms. The average Bonchev–Trinajstić information content (AvgIpc) is 2.38. The first-order valence-electron chi connectivity index (χ1n) is 5.96. The first-order chi connectivity index (χ1) is 9.54. The zero-order valence-corrected chi connectivity index (χ0v) is 10.7. The van der Waals surface area contributed by atoms with Crippen molar-refractivity contribution in [3.8, 4) is 5.75 Å². The SMILES string of the molecule is CC(Nc1cccc(OC(F)F)c1)c1cncc(F)c1. The molecule has 0 amide bonds. The minimum absolute atomic E-state index is 0.0644. The Hall–Kier alpha value is -2.24. The topological polar surface area (TPSA) is 34.1 Å². The predicted octanol–water partition coefficient (Wildman–Crippen LogP) is 4.00. The van der Waals surface area contributed by atoms with Crippen LogP contribution in [0.1, 0.15) is 18.5 Å². The van der Waals surface area contributed by atoms with Crippen molar-refractivity contribution in [2.45, 2.75) is 19.6 Å². The fourth-order valence-electron chi connectivity index (χ4n) is 1.76. The number of hydrogen-bond acceptors (Lipinski definition) is 3. The summed E-state index contributed by atoms with van der Waals surface area (Å²) < 4.78 is 41.7. The molecule has 0 aliphatic rings. The number of nitrogens with zero attached hydrogens (tertiary/aromatic N) is 1. The van der Waals surface area contributed by atoms with Gasteiger partial charge in [-0.05, 0) is 30.7 Å². The largest absolute Gasteiger partial charge is 0.435 e. The van der Waals surface area contributed by atoms with E-state index in [-0.39, 0.29) is 11.8 Å².